The number of H-pyrrole nitrogens is 1. The van der Waals surface area contributed by atoms with Crippen molar-refractivity contribution < 1.29 is 17.2 Å². The van der Waals surface area contributed by atoms with Crippen LogP contribution in [0, 0.1) is 5.82 Å². The molecule has 4 aromatic rings. The molecule has 4 rings (SSSR count). The number of furan rings is 1. The minimum atomic E-state index is -3.90. The number of benzene rings is 1. The van der Waals surface area contributed by atoms with Crippen LogP contribution < -0.4 is 4.72 Å². The van der Waals surface area contributed by atoms with E-state index < -0.39 is 15.8 Å². The highest BCUT2D eigenvalue weighted by molar-refractivity contribution is 7.89. The van der Waals surface area contributed by atoms with E-state index in [9.17, 15) is 12.8 Å². The van der Waals surface area contributed by atoms with E-state index in [0.717, 1.165) is 12.1 Å². The zero-order valence-corrected chi connectivity index (χ0v) is 15.0. The van der Waals surface area contributed by atoms with Gasteiger partial charge in [-0.3, -0.25) is 4.98 Å². The smallest absolute Gasteiger partial charge is 0.240 e. The number of sulfonamides is 1. The van der Waals surface area contributed by atoms with Gasteiger partial charge in [0.15, 0.2) is 5.76 Å². The molecule has 3 heterocycles. The lowest BCUT2D eigenvalue weighted by Gasteiger charge is -2.09. The molecule has 0 amide bonds. The van der Waals surface area contributed by atoms with Crippen molar-refractivity contribution in [2.75, 3.05) is 0 Å². The molecule has 0 spiro atoms. The molecular formula is C17H13FN6O3S. The fourth-order valence-electron chi connectivity index (χ4n) is 2.52. The van der Waals surface area contributed by atoms with Crippen LogP contribution in [0.15, 0.2) is 64.2 Å². The molecule has 0 bridgehead atoms. The second-order valence-electron chi connectivity index (χ2n) is 5.73. The number of aromatic amines is 1. The van der Waals surface area contributed by atoms with Gasteiger partial charge in [0.25, 0.3) is 0 Å². The molecule has 1 aromatic carbocycles. The largest absolute Gasteiger partial charge is 0.463 e. The molecule has 0 aliphatic carbocycles. The Hall–Kier alpha value is -3.44. The van der Waals surface area contributed by atoms with Gasteiger partial charge in [-0.2, -0.15) is 5.21 Å². The predicted molar refractivity (Wildman–Crippen MR) is 95.5 cm³/mol. The van der Waals surface area contributed by atoms with Crippen LogP contribution in [0.1, 0.15) is 5.56 Å². The summed E-state index contributed by atoms with van der Waals surface area (Å²) in [5.74, 6) is -0.114. The molecule has 0 saturated heterocycles. The lowest BCUT2D eigenvalue weighted by Crippen LogP contribution is -2.23. The topological polar surface area (TPSA) is 127 Å². The van der Waals surface area contributed by atoms with Gasteiger partial charge in [-0.15, -0.1) is 10.2 Å². The van der Waals surface area contributed by atoms with E-state index in [1.54, 1.807) is 30.5 Å². The van der Waals surface area contributed by atoms with Crippen molar-refractivity contribution in [3.8, 4) is 22.8 Å². The van der Waals surface area contributed by atoms with E-state index in [2.05, 4.69) is 30.3 Å². The first kappa shape index (κ1) is 17.9. The van der Waals surface area contributed by atoms with Crippen molar-refractivity contribution in [2.45, 2.75) is 11.4 Å². The van der Waals surface area contributed by atoms with E-state index in [4.69, 9.17) is 4.42 Å². The zero-order chi connectivity index (χ0) is 19.6. The van der Waals surface area contributed by atoms with Gasteiger partial charge in [0.05, 0.1) is 16.7 Å². The van der Waals surface area contributed by atoms with Gasteiger partial charge in [-0.05, 0) is 53.2 Å². The maximum Gasteiger partial charge on any atom is 0.240 e. The summed E-state index contributed by atoms with van der Waals surface area (Å²) in [6, 6.07) is 10.3. The molecule has 0 aliphatic heterocycles. The van der Waals surface area contributed by atoms with Crippen LogP contribution in [0.2, 0.25) is 0 Å². The number of aromatic nitrogens is 5. The quantitative estimate of drug-likeness (QED) is 0.508. The van der Waals surface area contributed by atoms with Gasteiger partial charge >= 0.3 is 0 Å². The van der Waals surface area contributed by atoms with Gasteiger partial charge in [-0.25, -0.2) is 17.5 Å². The highest BCUT2D eigenvalue weighted by Gasteiger charge is 2.18. The minimum absolute atomic E-state index is 0.0213. The summed E-state index contributed by atoms with van der Waals surface area (Å²) in [6.07, 6.45) is 3.09. The Labute approximate surface area is 158 Å². The molecule has 0 radical (unpaired) electrons. The number of nitrogens with one attached hydrogen (secondary N) is 2. The summed E-state index contributed by atoms with van der Waals surface area (Å²) in [5, 5.41) is 12.9. The van der Waals surface area contributed by atoms with Crippen molar-refractivity contribution in [1.82, 2.24) is 30.3 Å². The molecule has 0 atom stereocenters. The Morgan fingerprint density at radius 1 is 1.18 bits per heavy atom. The van der Waals surface area contributed by atoms with Crippen molar-refractivity contribution in [3.63, 3.8) is 0 Å². The molecule has 9 nitrogen and oxygen atoms in total. The number of pyridine rings is 1. The summed E-state index contributed by atoms with van der Waals surface area (Å²) < 4.78 is 47.0. The molecule has 142 valence electrons. The van der Waals surface area contributed by atoms with Crippen molar-refractivity contribution >= 4 is 10.0 Å². The van der Waals surface area contributed by atoms with E-state index in [-0.39, 0.29) is 22.8 Å². The maximum atomic E-state index is 14.0. The zero-order valence-electron chi connectivity index (χ0n) is 14.2. The standard InChI is InChI=1S/C17H13FN6O3S/c18-14-4-3-12(9-13(14)17-21-23-24-22-17)28(25,26)20-10-11-5-6-19-15(8-11)16-2-1-7-27-16/h1-9,20H,10H2,(H,21,22,23,24). The van der Waals surface area contributed by atoms with Gasteiger partial charge < -0.3 is 4.42 Å². The molecule has 0 unspecified atom stereocenters. The Morgan fingerprint density at radius 2 is 2.07 bits per heavy atom. The van der Waals surface area contributed by atoms with Crippen molar-refractivity contribution in [3.05, 3.63) is 66.3 Å². The van der Waals surface area contributed by atoms with Crippen LogP contribution in [-0.4, -0.2) is 34.0 Å². The molecular weight excluding hydrogens is 387 g/mol. The minimum Gasteiger partial charge on any atom is -0.463 e. The molecule has 28 heavy (non-hydrogen) atoms. The monoisotopic (exact) mass is 400 g/mol. The van der Waals surface area contributed by atoms with Crippen LogP contribution in [0.25, 0.3) is 22.8 Å². The van der Waals surface area contributed by atoms with Crippen LogP contribution >= 0.6 is 0 Å². The number of rotatable bonds is 6. The molecule has 0 saturated carbocycles. The van der Waals surface area contributed by atoms with Crippen molar-refractivity contribution in [2.24, 2.45) is 0 Å². The van der Waals surface area contributed by atoms with Gasteiger partial charge in [-0.1, -0.05) is 0 Å². The number of nitrogens with zero attached hydrogens (tertiary/aromatic N) is 4. The first-order chi connectivity index (χ1) is 13.5. The van der Waals surface area contributed by atoms with E-state index >= 15 is 0 Å². The number of hydrogen-bond donors (Lipinski definition) is 2. The lowest BCUT2D eigenvalue weighted by molar-refractivity contribution is 0.579. The van der Waals surface area contributed by atoms with Crippen LogP contribution in [0.4, 0.5) is 4.39 Å². The summed E-state index contributed by atoms with van der Waals surface area (Å²) in [4.78, 5) is 4.08. The van der Waals surface area contributed by atoms with Crippen LogP contribution in [-0.2, 0) is 16.6 Å². The summed E-state index contributed by atoms with van der Waals surface area (Å²) in [5.41, 5.74) is 1.20. The average Bonchev–Trinajstić information content (AvgIpc) is 3.41. The van der Waals surface area contributed by atoms with Crippen LogP contribution in [0.5, 0.6) is 0 Å². The molecule has 2 N–H and O–H groups in total. The first-order valence-electron chi connectivity index (χ1n) is 8.05. The Morgan fingerprint density at radius 3 is 2.82 bits per heavy atom. The first-order valence-corrected chi connectivity index (χ1v) is 9.53. The summed E-state index contributed by atoms with van der Waals surface area (Å²) in [7, 11) is -3.90. The number of halogens is 1. The molecule has 11 heteroatoms. The highest BCUT2D eigenvalue weighted by atomic mass is 32.2. The Balaban J connectivity index is 1.56. The highest BCUT2D eigenvalue weighted by Crippen LogP contribution is 2.23. The molecule has 0 aliphatic rings. The van der Waals surface area contributed by atoms with E-state index in [1.165, 1.54) is 12.3 Å². The number of hydrogen-bond acceptors (Lipinski definition) is 7. The third-order valence-electron chi connectivity index (χ3n) is 3.90. The second-order valence-corrected chi connectivity index (χ2v) is 7.50. The average molecular weight is 400 g/mol. The van der Waals surface area contributed by atoms with Crippen LogP contribution in [0.3, 0.4) is 0 Å². The third-order valence-corrected chi connectivity index (χ3v) is 5.30. The SMILES string of the molecule is O=S(=O)(NCc1ccnc(-c2ccco2)c1)c1ccc(F)c(-c2nn[nH]n2)c1. The number of tetrazole rings is 1. The summed E-state index contributed by atoms with van der Waals surface area (Å²) in [6.45, 7) is 0.0213. The fraction of sp³-hybridized carbons (Fsp3) is 0.0588. The van der Waals surface area contributed by atoms with Gasteiger partial charge in [0.1, 0.15) is 11.5 Å². The normalized spacial score (nSPS) is 11.6. The lowest BCUT2D eigenvalue weighted by atomic mass is 10.2. The Bertz CT molecular complexity index is 1190. The molecule has 0 fully saturated rings. The van der Waals surface area contributed by atoms with E-state index in [1.807, 2.05) is 0 Å². The predicted octanol–water partition coefficient (Wildman–Crippen LogP) is 2.14. The van der Waals surface area contributed by atoms with E-state index in [0.29, 0.717) is 17.0 Å². The second kappa shape index (κ2) is 7.29. The molecule has 3 aromatic heterocycles. The maximum absolute atomic E-state index is 14.0. The van der Waals surface area contributed by atoms with Gasteiger partial charge in [0, 0.05) is 12.7 Å². The fourth-order valence-corrected chi connectivity index (χ4v) is 3.57. The van der Waals surface area contributed by atoms with Crippen molar-refractivity contribution in [1.29, 1.82) is 0 Å². The summed E-state index contributed by atoms with van der Waals surface area (Å²) >= 11 is 0. The third kappa shape index (κ3) is 3.66. The Kier molecular flexibility index (Phi) is 4.67. The van der Waals surface area contributed by atoms with Gasteiger partial charge in [0.2, 0.25) is 15.8 Å².